The van der Waals surface area contributed by atoms with Gasteiger partial charge in [-0.3, -0.25) is 9.59 Å². The van der Waals surface area contributed by atoms with Gasteiger partial charge in [0, 0.05) is 0 Å². The summed E-state index contributed by atoms with van der Waals surface area (Å²) in [6.07, 6.45) is 8.91. The Morgan fingerprint density at radius 2 is 1.51 bits per heavy atom. The number of Topliss-reactive ketones (excluding diaryl/α,β-unsaturated/α-hetero) is 1. The van der Waals surface area contributed by atoms with E-state index < -0.39 is 23.8 Å². The molecule has 35 heavy (non-hydrogen) atoms. The predicted molar refractivity (Wildman–Crippen MR) is 137 cm³/mol. The first kappa shape index (κ1) is 26.5. The fourth-order valence-corrected chi connectivity index (χ4v) is 5.36. The fourth-order valence-electron chi connectivity index (χ4n) is 5.36. The SMILES string of the molecule is C[C@@H](NC(=O)C(=O)[C@H](CCCCC1(Cc2ccccc2)CCCCC1)NC(=O)O)c1ccccc1. The lowest BCUT2D eigenvalue weighted by Gasteiger charge is -2.38. The van der Waals surface area contributed by atoms with E-state index in [0.717, 1.165) is 24.8 Å². The van der Waals surface area contributed by atoms with Crippen molar-refractivity contribution in [2.45, 2.75) is 83.2 Å². The summed E-state index contributed by atoms with van der Waals surface area (Å²) in [6.45, 7) is 1.80. The van der Waals surface area contributed by atoms with E-state index in [0.29, 0.717) is 12.8 Å². The minimum atomic E-state index is -1.29. The van der Waals surface area contributed by atoms with Crippen molar-refractivity contribution < 1.29 is 19.5 Å². The summed E-state index contributed by atoms with van der Waals surface area (Å²) in [6, 6.07) is 18.6. The average Bonchev–Trinajstić information content (AvgIpc) is 2.87. The first-order valence-electron chi connectivity index (χ1n) is 12.8. The van der Waals surface area contributed by atoms with Gasteiger partial charge in [0.2, 0.25) is 5.78 Å². The largest absolute Gasteiger partial charge is 0.465 e. The van der Waals surface area contributed by atoms with Gasteiger partial charge in [-0.05, 0) is 55.6 Å². The third-order valence-electron chi connectivity index (χ3n) is 7.27. The zero-order chi connectivity index (χ0) is 25.1. The molecule has 2 amide bonds. The van der Waals surface area contributed by atoms with E-state index in [9.17, 15) is 19.5 Å². The summed E-state index contributed by atoms with van der Waals surface area (Å²) in [5, 5.41) is 14.2. The molecule has 0 bridgehead atoms. The van der Waals surface area contributed by atoms with Gasteiger partial charge in [0.25, 0.3) is 5.91 Å². The molecule has 1 fully saturated rings. The van der Waals surface area contributed by atoms with Crippen molar-refractivity contribution >= 4 is 17.8 Å². The van der Waals surface area contributed by atoms with Gasteiger partial charge in [0.05, 0.1) is 6.04 Å². The zero-order valence-electron chi connectivity index (χ0n) is 20.7. The second-order valence-corrected chi connectivity index (χ2v) is 9.94. The number of ketones is 1. The third kappa shape index (κ3) is 8.23. The number of carbonyl (C=O) groups is 3. The molecule has 6 nitrogen and oxygen atoms in total. The number of hydrogen-bond donors (Lipinski definition) is 3. The molecule has 0 saturated heterocycles. The molecular formula is C29H38N2O4. The van der Waals surface area contributed by atoms with Gasteiger partial charge >= 0.3 is 6.09 Å². The molecule has 2 aromatic carbocycles. The van der Waals surface area contributed by atoms with Crippen LogP contribution >= 0.6 is 0 Å². The minimum absolute atomic E-state index is 0.266. The molecule has 0 unspecified atom stereocenters. The maximum absolute atomic E-state index is 12.8. The van der Waals surface area contributed by atoms with Crippen molar-refractivity contribution in [3.05, 3.63) is 71.8 Å². The Hall–Kier alpha value is -3.15. The maximum Gasteiger partial charge on any atom is 0.405 e. The van der Waals surface area contributed by atoms with Crippen LogP contribution < -0.4 is 10.6 Å². The quantitative estimate of drug-likeness (QED) is 0.264. The lowest BCUT2D eigenvalue weighted by Crippen LogP contribution is -2.47. The first-order chi connectivity index (χ1) is 16.9. The predicted octanol–water partition coefficient (Wildman–Crippen LogP) is 5.82. The molecule has 0 heterocycles. The highest BCUT2D eigenvalue weighted by Gasteiger charge is 2.32. The highest BCUT2D eigenvalue weighted by Crippen LogP contribution is 2.43. The molecule has 3 N–H and O–H groups in total. The highest BCUT2D eigenvalue weighted by atomic mass is 16.4. The summed E-state index contributed by atoms with van der Waals surface area (Å²) in [4.78, 5) is 36.7. The standard InChI is InChI=1S/C29H38N2O4/c1-22(24-15-7-3-8-16-24)30-27(33)26(32)25(31-28(34)35)17-9-12-20-29(18-10-4-11-19-29)21-23-13-5-2-6-14-23/h2-3,5-8,13-16,22,25,31H,4,9-12,17-21H2,1H3,(H,30,33)(H,34,35)/t22-,25+/m1/s1. The molecule has 3 rings (SSSR count). The average molecular weight is 479 g/mol. The van der Waals surface area contributed by atoms with Gasteiger partial charge in [-0.15, -0.1) is 0 Å². The Kier molecular flexibility index (Phi) is 9.88. The summed E-state index contributed by atoms with van der Waals surface area (Å²) < 4.78 is 0. The van der Waals surface area contributed by atoms with Crippen LogP contribution in [-0.2, 0) is 16.0 Å². The Morgan fingerprint density at radius 1 is 0.886 bits per heavy atom. The Morgan fingerprint density at radius 3 is 2.14 bits per heavy atom. The molecule has 6 heteroatoms. The normalized spacial score (nSPS) is 16.6. The van der Waals surface area contributed by atoms with Gasteiger partial charge in [0.15, 0.2) is 0 Å². The van der Waals surface area contributed by atoms with Crippen molar-refractivity contribution in [1.29, 1.82) is 0 Å². The molecule has 0 aromatic heterocycles. The van der Waals surface area contributed by atoms with Crippen LogP contribution in [-0.4, -0.2) is 28.9 Å². The third-order valence-corrected chi connectivity index (χ3v) is 7.27. The summed E-state index contributed by atoms with van der Waals surface area (Å²) >= 11 is 0. The number of unbranched alkanes of at least 4 members (excludes halogenated alkanes) is 1. The van der Waals surface area contributed by atoms with Gasteiger partial charge in [0.1, 0.15) is 6.04 Å². The van der Waals surface area contributed by atoms with Crippen molar-refractivity contribution in [3.8, 4) is 0 Å². The number of nitrogens with one attached hydrogen (secondary N) is 2. The Labute approximate surface area is 208 Å². The second kappa shape index (κ2) is 13.1. The molecule has 2 aromatic rings. The van der Waals surface area contributed by atoms with Crippen molar-refractivity contribution in [1.82, 2.24) is 10.6 Å². The van der Waals surface area contributed by atoms with E-state index in [2.05, 4.69) is 34.9 Å². The number of amides is 2. The first-order valence-corrected chi connectivity index (χ1v) is 12.8. The number of hydrogen-bond acceptors (Lipinski definition) is 3. The number of benzene rings is 2. The fraction of sp³-hybridized carbons (Fsp3) is 0.483. The van der Waals surface area contributed by atoms with Gasteiger partial charge in [-0.2, -0.15) is 0 Å². The molecule has 1 aliphatic carbocycles. The molecule has 1 saturated carbocycles. The maximum atomic E-state index is 12.8. The molecule has 0 radical (unpaired) electrons. The van der Waals surface area contributed by atoms with Crippen molar-refractivity contribution in [2.24, 2.45) is 5.41 Å². The second-order valence-electron chi connectivity index (χ2n) is 9.94. The summed E-state index contributed by atoms with van der Waals surface area (Å²) in [5.41, 5.74) is 2.51. The van der Waals surface area contributed by atoms with E-state index in [1.807, 2.05) is 36.4 Å². The van der Waals surface area contributed by atoms with Crippen LogP contribution in [0.15, 0.2) is 60.7 Å². The molecular weight excluding hydrogens is 440 g/mol. The zero-order valence-corrected chi connectivity index (χ0v) is 20.7. The van der Waals surface area contributed by atoms with Gasteiger partial charge < -0.3 is 15.7 Å². The van der Waals surface area contributed by atoms with Crippen molar-refractivity contribution in [3.63, 3.8) is 0 Å². The number of carbonyl (C=O) groups excluding carboxylic acids is 2. The van der Waals surface area contributed by atoms with Gasteiger partial charge in [-0.25, -0.2) is 4.79 Å². The summed E-state index contributed by atoms with van der Waals surface area (Å²) in [7, 11) is 0. The van der Waals surface area contributed by atoms with E-state index in [-0.39, 0.29) is 11.5 Å². The van der Waals surface area contributed by atoms with Crippen LogP contribution in [0.3, 0.4) is 0 Å². The highest BCUT2D eigenvalue weighted by molar-refractivity contribution is 6.38. The molecule has 188 valence electrons. The van der Waals surface area contributed by atoms with E-state index in [1.54, 1.807) is 6.92 Å². The Bertz CT molecular complexity index is 955. The molecule has 0 aliphatic heterocycles. The number of rotatable bonds is 12. The summed E-state index contributed by atoms with van der Waals surface area (Å²) in [5.74, 6) is -1.49. The van der Waals surface area contributed by atoms with Crippen LogP contribution in [0.5, 0.6) is 0 Å². The lowest BCUT2D eigenvalue weighted by molar-refractivity contribution is -0.139. The van der Waals surface area contributed by atoms with Crippen LogP contribution in [0.4, 0.5) is 4.79 Å². The smallest absolute Gasteiger partial charge is 0.405 e. The molecule has 2 atom stereocenters. The topological polar surface area (TPSA) is 95.5 Å². The number of carboxylic acid groups (broad SMARTS) is 1. The van der Waals surface area contributed by atoms with Crippen LogP contribution in [0.1, 0.15) is 81.9 Å². The Balaban J connectivity index is 1.55. The van der Waals surface area contributed by atoms with Crippen LogP contribution in [0.25, 0.3) is 0 Å². The van der Waals surface area contributed by atoms with E-state index in [1.165, 1.54) is 37.7 Å². The van der Waals surface area contributed by atoms with E-state index >= 15 is 0 Å². The lowest BCUT2D eigenvalue weighted by atomic mass is 9.67. The van der Waals surface area contributed by atoms with Crippen LogP contribution in [0, 0.1) is 5.41 Å². The van der Waals surface area contributed by atoms with E-state index in [4.69, 9.17) is 0 Å². The monoisotopic (exact) mass is 478 g/mol. The molecule has 1 aliphatic rings. The molecule has 0 spiro atoms. The van der Waals surface area contributed by atoms with Crippen LogP contribution in [0.2, 0.25) is 0 Å². The minimum Gasteiger partial charge on any atom is -0.465 e. The van der Waals surface area contributed by atoms with Crippen molar-refractivity contribution in [2.75, 3.05) is 0 Å². The van der Waals surface area contributed by atoms with Gasteiger partial charge in [-0.1, -0.05) is 92.8 Å².